The molecule has 2 heterocycles. The zero-order valence-electron chi connectivity index (χ0n) is 15.1. The topological polar surface area (TPSA) is 109 Å². The molecule has 0 bridgehead atoms. The van der Waals surface area contributed by atoms with Gasteiger partial charge in [0.25, 0.3) is 5.69 Å². The number of ether oxygens (including phenoxy) is 2. The molecule has 0 fully saturated rings. The fourth-order valence-corrected chi connectivity index (χ4v) is 2.78. The number of allylic oxidation sites excluding steroid dienone is 1. The maximum atomic E-state index is 12.5. The van der Waals surface area contributed by atoms with Crippen LogP contribution in [0.25, 0.3) is 6.08 Å². The molecule has 1 aromatic heterocycles. The van der Waals surface area contributed by atoms with Crippen LogP contribution in [0.3, 0.4) is 0 Å². The number of ketones is 1. The van der Waals surface area contributed by atoms with Gasteiger partial charge >= 0.3 is 5.97 Å². The summed E-state index contributed by atoms with van der Waals surface area (Å²) in [7, 11) is 0. The summed E-state index contributed by atoms with van der Waals surface area (Å²) in [5, 5.41) is 10.7. The van der Waals surface area contributed by atoms with E-state index in [1.165, 1.54) is 48.5 Å². The molecule has 2 aromatic carbocycles. The number of Topliss-reactive ketones (excluding diaryl/α,β-unsaturated/α-hetero) is 1. The minimum atomic E-state index is -0.689. The summed E-state index contributed by atoms with van der Waals surface area (Å²) in [6, 6.07) is 13.0. The second kappa shape index (κ2) is 7.08. The van der Waals surface area contributed by atoms with Gasteiger partial charge in [-0.05, 0) is 43.3 Å². The number of benzene rings is 2. The van der Waals surface area contributed by atoms with Crippen LogP contribution >= 0.6 is 0 Å². The van der Waals surface area contributed by atoms with Crippen molar-refractivity contribution in [1.82, 2.24) is 0 Å². The number of carbonyl (C=O) groups is 2. The van der Waals surface area contributed by atoms with Crippen LogP contribution in [0.5, 0.6) is 11.5 Å². The predicted octanol–water partition coefficient (Wildman–Crippen LogP) is 4.33. The molecular weight excluding hydrogens is 378 g/mol. The van der Waals surface area contributed by atoms with Gasteiger partial charge in [0.2, 0.25) is 5.78 Å². The van der Waals surface area contributed by atoms with E-state index in [4.69, 9.17) is 13.9 Å². The lowest BCUT2D eigenvalue weighted by Crippen LogP contribution is -2.08. The number of aryl methyl sites for hydroxylation is 1. The maximum absolute atomic E-state index is 12.5. The zero-order valence-corrected chi connectivity index (χ0v) is 15.1. The molecule has 144 valence electrons. The SMILES string of the molecule is Cc1ccc(/C=C2\Oc3cc(OC(=O)c4ccc([N+](=O)[O-])cc4)ccc3C2=O)o1. The summed E-state index contributed by atoms with van der Waals surface area (Å²) in [5.41, 5.74) is 0.369. The van der Waals surface area contributed by atoms with Gasteiger partial charge in [-0.1, -0.05) is 0 Å². The summed E-state index contributed by atoms with van der Waals surface area (Å²) in [6.45, 7) is 1.79. The zero-order chi connectivity index (χ0) is 20.5. The van der Waals surface area contributed by atoms with E-state index in [-0.39, 0.29) is 34.3 Å². The summed E-state index contributed by atoms with van der Waals surface area (Å²) < 4.78 is 16.3. The van der Waals surface area contributed by atoms with Gasteiger partial charge in [0.1, 0.15) is 23.0 Å². The Morgan fingerprint density at radius 1 is 1.10 bits per heavy atom. The second-order valence-electron chi connectivity index (χ2n) is 6.24. The van der Waals surface area contributed by atoms with Gasteiger partial charge in [-0.15, -0.1) is 0 Å². The van der Waals surface area contributed by atoms with Crippen molar-refractivity contribution in [3.8, 4) is 11.5 Å². The molecule has 3 aromatic rings. The highest BCUT2D eigenvalue weighted by molar-refractivity contribution is 6.14. The van der Waals surface area contributed by atoms with Crippen molar-refractivity contribution in [2.75, 3.05) is 0 Å². The van der Waals surface area contributed by atoms with Crippen molar-refractivity contribution in [3.05, 3.63) is 93.1 Å². The van der Waals surface area contributed by atoms with E-state index in [0.29, 0.717) is 17.1 Å². The molecule has 8 heteroatoms. The second-order valence-corrected chi connectivity index (χ2v) is 6.24. The highest BCUT2D eigenvalue weighted by atomic mass is 16.6. The van der Waals surface area contributed by atoms with Gasteiger partial charge in [0, 0.05) is 24.3 Å². The molecule has 0 spiro atoms. The van der Waals surface area contributed by atoms with Gasteiger partial charge < -0.3 is 13.9 Å². The Hall–Kier alpha value is -4.20. The number of fused-ring (bicyclic) bond motifs is 1. The first-order valence-corrected chi connectivity index (χ1v) is 8.52. The summed E-state index contributed by atoms with van der Waals surface area (Å²) in [5.74, 6) is 0.749. The largest absolute Gasteiger partial charge is 0.462 e. The van der Waals surface area contributed by atoms with Crippen LogP contribution in [-0.4, -0.2) is 16.7 Å². The van der Waals surface area contributed by atoms with E-state index in [0.717, 1.165) is 0 Å². The lowest BCUT2D eigenvalue weighted by molar-refractivity contribution is -0.384. The quantitative estimate of drug-likeness (QED) is 0.214. The molecule has 0 aliphatic carbocycles. The predicted molar refractivity (Wildman–Crippen MR) is 101 cm³/mol. The number of carbonyl (C=O) groups excluding carboxylic acids is 2. The van der Waals surface area contributed by atoms with Gasteiger partial charge in [0.15, 0.2) is 5.76 Å². The van der Waals surface area contributed by atoms with E-state index in [2.05, 4.69) is 0 Å². The monoisotopic (exact) mass is 391 g/mol. The van der Waals surface area contributed by atoms with E-state index in [1.807, 2.05) is 0 Å². The van der Waals surface area contributed by atoms with Crippen LogP contribution in [0.4, 0.5) is 5.69 Å². The minimum absolute atomic E-state index is 0.105. The molecule has 0 unspecified atom stereocenters. The van der Waals surface area contributed by atoms with Crippen molar-refractivity contribution in [2.45, 2.75) is 6.92 Å². The average molecular weight is 391 g/mol. The van der Waals surface area contributed by atoms with Gasteiger partial charge in [-0.3, -0.25) is 14.9 Å². The Labute approximate surface area is 164 Å². The third-order valence-electron chi connectivity index (χ3n) is 4.20. The van der Waals surface area contributed by atoms with E-state index in [9.17, 15) is 19.7 Å². The van der Waals surface area contributed by atoms with Crippen LogP contribution in [0.15, 0.2) is 64.8 Å². The van der Waals surface area contributed by atoms with Crippen molar-refractivity contribution in [1.29, 1.82) is 0 Å². The van der Waals surface area contributed by atoms with Crippen molar-refractivity contribution in [3.63, 3.8) is 0 Å². The number of non-ortho nitro benzene ring substituents is 1. The highest BCUT2D eigenvalue weighted by Gasteiger charge is 2.28. The number of furan rings is 1. The Bertz CT molecular complexity index is 1170. The number of hydrogen-bond donors (Lipinski definition) is 0. The lowest BCUT2D eigenvalue weighted by Gasteiger charge is -2.05. The first-order chi connectivity index (χ1) is 13.9. The standard InChI is InChI=1S/C21H13NO7/c1-12-2-7-15(27-12)11-19-20(23)17-9-8-16(10-18(17)29-19)28-21(24)13-3-5-14(6-4-13)22(25)26/h2-11H,1H3/b19-11-. The molecule has 0 N–H and O–H groups in total. The number of nitrogens with zero attached hydrogens (tertiary/aromatic N) is 1. The Morgan fingerprint density at radius 3 is 2.52 bits per heavy atom. The summed E-state index contributed by atoms with van der Waals surface area (Å²) in [6.07, 6.45) is 1.50. The smallest absolute Gasteiger partial charge is 0.343 e. The Kier molecular flexibility index (Phi) is 4.44. The number of hydrogen-bond acceptors (Lipinski definition) is 7. The molecule has 1 aliphatic rings. The molecule has 1 aliphatic heterocycles. The molecule has 0 atom stereocenters. The van der Waals surface area contributed by atoms with Crippen LogP contribution in [-0.2, 0) is 0 Å². The number of nitro groups is 1. The van der Waals surface area contributed by atoms with Crippen molar-refractivity contribution in [2.24, 2.45) is 0 Å². The molecular formula is C21H13NO7. The third-order valence-corrected chi connectivity index (χ3v) is 4.20. The first-order valence-electron chi connectivity index (χ1n) is 8.52. The molecule has 0 radical (unpaired) electrons. The molecule has 0 amide bonds. The van der Waals surface area contributed by atoms with Crippen LogP contribution in [0, 0.1) is 17.0 Å². The normalized spacial score (nSPS) is 13.8. The van der Waals surface area contributed by atoms with Gasteiger partial charge in [-0.2, -0.15) is 0 Å². The van der Waals surface area contributed by atoms with E-state index in [1.54, 1.807) is 19.1 Å². The lowest BCUT2D eigenvalue weighted by atomic mass is 10.1. The van der Waals surface area contributed by atoms with Gasteiger partial charge in [0.05, 0.1) is 16.1 Å². The average Bonchev–Trinajstić information content (AvgIpc) is 3.25. The fraction of sp³-hybridized carbons (Fsp3) is 0.0476. The molecule has 0 saturated heterocycles. The summed E-state index contributed by atoms with van der Waals surface area (Å²) in [4.78, 5) is 34.8. The fourth-order valence-electron chi connectivity index (χ4n) is 2.78. The van der Waals surface area contributed by atoms with E-state index < -0.39 is 10.9 Å². The Morgan fingerprint density at radius 2 is 1.86 bits per heavy atom. The van der Waals surface area contributed by atoms with Crippen molar-refractivity contribution >= 4 is 23.5 Å². The minimum Gasteiger partial charge on any atom is -0.462 e. The molecule has 0 saturated carbocycles. The Balaban J connectivity index is 1.52. The number of nitro benzene ring substituents is 1. The molecule has 4 rings (SSSR count). The number of esters is 1. The first kappa shape index (κ1) is 18.2. The van der Waals surface area contributed by atoms with Crippen LogP contribution in [0.1, 0.15) is 32.2 Å². The molecule has 29 heavy (non-hydrogen) atoms. The van der Waals surface area contributed by atoms with Crippen LogP contribution in [0.2, 0.25) is 0 Å². The number of rotatable bonds is 4. The summed E-state index contributed by atoms with van der Waals surface area (Å²) >= 11 is 0. The van der Waals surface area contributed by atoms with Gasteiger partial charge in [-0.25, -0.2) is 4.79 Å². The van der Waals surface area contributed by atoms with Crippen molar-refractivity contribution < 1.29 is 28.4 Å². The maximum Gasteiger partial charge on any atom is 0.343 e. The van der Waals surface area contributed by atoms with Crippen LogP contribution < -0.4 is 9.47 Å². The molecule has 8 nitrogen and oxygen atoms in total. The van der Waals surface area contributed by atoms with E-state index >= 15 is 0 Å². The third kappa shape index (κ3) is 3.63. The highest BCUT2D eigenvalue weighted by Crippen LogP contribution is 2.35.